The smallest absolute Gasteiger partial charge is 0.271 e. The van der Waals surface area contributed by atoms with Gasteiger partial charge < -0.3 is 4.90 Å². The quantitative estimate of drug-likeness (QED) is 0.705. The molecule has 0 saturated carbocycles. The number of H-pyrrole nitrogens is 1. The molecule has 1 N–H and O–H groups in total. The topological polar surface area (TPSA) is 95.8 Å². The summed E-state index contributed by atoms with van der Waals surface area (Å²) in [7, 11) is 1.80. The summed E-state index contributed by atoms with van der Waals surface area (Å²) >= 11 is 0. The van der Waals surface area contributed by atoms with Crippen molar-refractivity contribution in [3.63, 3.8) is 0 Å². The SMILES string of the molecule is CN(Cc1ccccc1CN1CCCC1)C(=O)c1cc(-n2cnnn2)n[nH]1. The summed E-state index contributed by atoms with van der Waals surface area (Å²) in [6.07, 6.45) is 3.97. The van der Waals surface area contributed by atoms with Crippen LogP contribution < -0.4 is 0 Å². The molecular formula is C18H22N8O. The normalized spacial score (nSPS) is 14.6. The number of hydrogen-bond acceptors (Lipinski definition) is 6. The first-order valence-electron chi connectivity index (χ1n) is 9.04. The maximum absolute atomic E-state index is 12.8. The second-order valence-electron chi connectivity index (χ2n) is 6.81. The third-order valence-electron chi connectivity index (χ3n) is 4.84. The molecular weight excluding hydrogens is 344 g/mol. The zero-order valence-corrected chi connectivity index (χ0v) is 15.2. The molecule has 1 fully saturated rings. The molecule has 0 unspecified atom stereocenters. The van der Waals surface area contributed by atoms with Gasteiger partial charge in [-0.15, -0.1) is 5.10 Å². The molecule has 27 heavy (non-hydrogen) atoms. The lowest BCUT2D eigenvalue weighted by Gasteiger charge is -2.21. The average Bonchev–Trinajstić information content (AvgIpc) is 3.44. The maximum Gasteiger partial charge on any atom is 0.271 e. The van der Waals surface area contributed by atoms with Crippen LogP contribution in [0.15, 0.2) is 36.7 Å². The van der Waals surface area contributed by atoms with Crippen LogP contribution >= 0.6 is 0 Å². The highest BCUT2D eigenvalue weighted by atomic mass is 16.2. The molecule has 2 aromatic heterocycles. The van der Waals surface area contributed by atoms with Gasteiger partial charge in [0.25, 0.3) is 5.91 Å². The van der Waals surface area contributed by atoms with Crippen molar-refractivity contribution >= 4 is 5.91 Å². The van der Waals surface area contributed by atoms with E-state index in [-0.39, 0.29) is 5.91 Å². The summed E-state index contributed by atoms with van der Waals surface area (Å²) in [6.45, 7) is 3.78. The molecule has 0 atom stereocenters. The molecule has 9 nitrogen and oxygen atoms in total. The summed E-state index contributed by atoms with van der Waals surface area (Å²) < 4.78 is 1.40. The van der Waals surface area contributed by atoms with Crippen LogP contribution in [-0.4, -0.2) is 66.2 Å². The lowest BCUT2D eigenvalue weighted by atomic mass is 10.1. The van der Waals surface area contributed by atoms with E-state index in [4.69, 9.17) is 0 Å². The fourth-order valence-corrected chi connectivity index (χ4v) is 3.38. The van der Waals surface area contributed by atoms with Crippen LogP contribution in [0.2, 0.25) is 0 Å². The minimum Gasteiger partial charge on any atom is -0.336 e. The number of aromatic nitrogens is 6. The second-order valence-corrected chi connectivity index (χ2v) is 6.81. The standard InChI is InChI=1S/C18H22N8O/c1-24(18(27)16-10-17(21-20-16)26-13-19-22-23-26)11-14-6-2-3-7-15(14)12-25-8-4-5-9-25/h2-3,6-7,10,13H,4-5,8-9,11-12H2,1H3,(H,20,21). The number of benzene rings is 1. The van der Waals surface area contributed by atoms with Crippen molar-refractivity contribution in [3.05, 3.63) is 53.5 Å². The van der Waals surface area contributed by atoms with E-state index >= 15 is 0 Å². The Kier molecular flexibility index (Phi) is 4.93. The Bertz CT molecular complexity index is 898. The highest BCUT2D eigenvalue weighted by Crippen LogP contribution is 2.18. The Hall–Kier alpha value is -3.07. The third kappa shape index (κ3) is 3.87. The predicted molar refractivity (Wildman–Crippen MR) is 98.1 cm³/mol. The van der Waals surface area contributed by atoms with E-state index in [1.807, 2.05) is 6.07 Å². The van der Waals surface area contributed by atoms with Gasteiger partial charge in [-0.25, -0.2) is 0 Å². The summed E-state index contributed by atoms with van der Waals surface area (Å²) in [4.78, 5) is 16.9. The van der Waals surface area contributed by atoms with E-state index in [1.165, 1.54) is 35.0 Å². The Labute approximate surface area is 157 Å². The van der Waals surface area contributed by atoms with Gasteiger partial charge in [-0.3, -0.25) is 14.8 Å². The largest absolute Gasteiger partial charge is 0.336 e. The van der Waals surface area contributed by atoms with E-state index in [9.17, 15) is 4.79 Å². The molecule has 1 saturated heterocycles. The van der Waals surface area contributed by atoms with Gasteiger partial charge in [-0.2, -0.15) is 9.78 Å². The highest BCUT2D eigenvalue weighted by molar-refractivity contribution is 5.92. The Morgan fingerprint density at radius 3 is 2.74 bits per heavy atom. The van der Waals surface area contributed by atoms with Crippen LogP contribution in [0.1, 0.15) is 34.5 Å². The zero-order valence-electron chi connectivity index (χ0n) is 15.2. The fourth-order valence-electron chi connectivity index (χ4n) is 3.38. The molecule has 3 aromatic rings. The number of hydrogen-bond donors (Lipinski definition) is 1. The van der Waals surface area contributed by atoms with Gasteiger partial charge in [0.2, 0.25) is 0 Å². The lowest BCUT2D eigenvalue weighted by molar-refractivity contribution is 0.0778. The van der Waals surface area contributed by atoms with Gasteiger partial charge in [0.1, 0.15) is 12.0 Å². The number of nitrogens with zero attached hydrogens (tertiary/aromatic N) is 7. The van der Waals surface area contributed by atoms with E-state index in [0.717, 1.165) is 19.6 Å². The monoisotopic (exact) mass is 366 g/mol. The van der Waals surface area contributed by atoms with Gasteiger partial charge >= 0.3 is 0 Å². The van der Waals surface area contributed by atoms with Crippen molar-refractivity contribution in [1.29, 1.82) is 0 Å². The van der Waals surface area contributed by atoms with Crippen molar-refractivity contribution in [2.24, 2.45) is 0 Å². The molecule has 3 heterocycles. The first-order chi connectivity index (χ1) is 13.2. The summed E-state index contributed by atoms with van der Waals surface area (Å²) in [5.74, 6) is 0.351. The number of rotatable bonds is 6. The number of aromatic amines is 1. The molecule has 0 aliphatic carbocycles. The fraction of sp³-hybridized carbons (Fsp3) is 0.389. The molecule has 140 valence electrons. The lowest BCUT2D eigenvalue weighted by Crippen LogP contribution is -2.27. The Balaban J connectivity index is 1.46. The van der Waals surface area contributed by atoms with Crippen LogP contribution in [-0.2, 0) is 13.1 Å². The van der Waals surface area contributed by atoms with Crippen LogP contribution in [0.4, 0.5) is 0 Å². The minimum atomic E-state index is -0.127. The maximum atomic E-state index is 12.8. The van der Waals surface area contributed by atoms with E-state index in [1.54, 1.807) is 18.0 Å². The molecule has 1 aliphatic rings. The van der Waals surface area contributed by atoms with Gasteiger partial charge in [0.15, 0.2) is 5.82 Å². The summed E-state index contributed by atoms with van der Waals surface area (Å²) in [6, 6.07) is 9.97. The first-order valence-corrected chi connectivity index (χ1v) is 9.04. The molecule has 0 spiro atoms. The number of likely N-dealkylation sites (tertiary alicyclic amines) is 1. The van der Waals surface area contributed by atoms with Crippen molar-refractivity contribution < 1.29 is 4.79 Å². The number of nitrogens with one attached hydrogen (secondary N) is 1. The minimum absolute atomic E-state index is 0.127. The van der Waals surface area contributed by atoms with Crippen LogP contribution in [0.25, 0.3) is 5.82 Å². The zero-order chi connectivity index (χ0) is 18.6. The van der Waals surface area contributed by atoms with E-state index < -0.39 is 0 Å². The molecule has 1 aromatic carbocycles. The Morgan fingerprint density at radius 1 is 1.22 bits per heavy atom. The summed E-state index contributed by atoms with van der Waals surface area (Å²) in [5.41, 5.74) is 2.85. The van der Waals surface area contributed by atoms with Crippen LogP contribution in [0.5, 0.6) is 0 Å². The summed E-state index contributed by atoms with van der Waals surface area (Å²) in [5, 5.41) is 17.8. The highest BCUT2D eigenvalue weighted by Gasteiger charge is 2.18. The van der Waals surface area contributed by atoms with Crippen molar-refractivity contribution in [2.75, 3.05) is 20.1 Å². The van der Waals surface area contributed by atoms with Crippen LogP contribution in [0, 0.1) is 0 Å². The average molecular weight is 366 g/mol. The molecule has 4 rings (SSSR count). The number of amides is 1. The van der Waals surface area contributed by atoms with E-state index in [0.29, 0.717) is 18.1 Å². The third-order valence-corrected chi connectivity index (χ3v) is 4.84. The molecule has 0 bridgehead atoms. The van der Waals surface area contributed by atoms with Crippen molar-refractivity contribution in [1.82, 2.24) is 40.2 Å². The van der Waals surface area contributed by atoms with Crippen LogP contribution in [0.3, 0.4) is 0 Å². The van der Waals surface area contributed by atoms with Crippen molar-refractivity contribution in [3.8, 4) is 5.82 Å². The number of carbonyl (C=O) groups excluding carboxylic acids is 1. The number of carbonyl (C=O) groups is 1. The molecule has 0 radical (unpaired) electrons. The Morgan fingerprint density at radius 2 is 2.00 bits per heavy atom. The van der Waals surface area contributed by atoms with Gasteiger partial charge in [-0.1, -0.05) is 24.3 Å². The molecule has 1 amide bonds. The van der Waals surface area contributed by atoms with Crippen molar-refractivity contribution in [2.45, 2.75) is 25.9 Å². The van der Waals surface area contributed by atoms with Gasteiger partial charge in [0, 0.05) is 26.2 Å². The first kappa shape index (κ1) is 17.3. The van der Waals surface area contributed by atoms with E-state index in [2.05, 4.69) is 48.8 Å². The molecule has 1 aliphatic heterocycles. The number of tetrazole rings is 1. The molecule has 9 heteroatoms. The predicted octanol–water partition coefficient (Wildman–Crippen LogP) is 1.25. The second kappa shape index (κ2) is 7.67. The van der Waals surface area contributed by atoms with Gasteiger partial charge in [0.05, 0.1) is 0 Å². The van der Waals surface area contributed by atoms with Gasteiger partial charge in [-0.05, 0) is 47.5 Å².